The Labute approximate surface area is 291 Å². The van der Waals surface area contributed by atoms with E-state index < -0.39 is 5.60 Å². The molecule has 0 unspecified atom stereocenters. The van der Waals surface area contributed by atoms with E-state index in [2.05, 4.69) is 89.8 Å². The molecule has 3 aliphatic carbocycles. The molecule has 2 aromatic carbocycles. The molecule has 0 bridgehead atoms. The molecule has 0 saturated heterocycles. The number of allylic oxidation sites excluding steroid dienone is 5. The van der Waals surface area contributed by atoms with Crippen molar-refractivity contribution in [1.29, 1.82) is 0 Å². The second-order valence-electron chi connectivity index (χ2n) is 15.7. The van der Waals surface area contributed by atoms with Crippen LogP contribution in [-0.2, 0) is 27.4 Å². The SMILES string of the molecule is C=C1CC[C@@](O)(COCc2ccccc2)C/C1=C/C=C1\CCC[C@]2(C)[C@@H]([C@H](C)/C=C/[C@H](C)C(C)(C)OCOCc3ccccc3)CC[C@@H]12. The topological polar surface area (TPSA) is 47.9 Å². The van der Waals surface area contributed by atoms with Crippen molar-refractivity contribution in [2.45, 2.75) is 110 Å². The van der Waals surface area contributed by atoms with Gasteiger partial charge in [-0.05, 0) is 98.7 Å². The minimum absolute atomic E-state index is 0.268. The van der Waals surface area contributed by atoms with Crippen molar-refractivity contribution in [2.75, 3.05) is 13.4 Å². The Morgan fingerprint density at radius 2 is 1.56 bits per heavy atom. The molecule has 0 amide bonds. The quantitative estimate of drug-likeness (QED) is 0.125. The molecule has 3 fully saturated rings. The maximum atomic E-state index is 11.5. The Morgan fingerprint density at radius 3 is 2.25 bits per heavy atom. The van der Waals surface area contributed by atoms with Crippen molar-refractivity contribution < 1.29 is 19.3 Å². The highest BCUT2D eigenvalue weighted by Crippen LogP contribution is 2.59. The van der Waals surface area contributed by atoms with E-state index in [-0.39, 0.29) is 18.3 Å². The van der Waals surface area contributed by atoms with Crippen molar-refractivity contribution in [2.24, 2.45) is 29.1 Å². The molecule has 2 aromatic rings. The summed E-state index contributed by atoms with van der Waals surface area (Å²) in [7, 11) is 0. The lowest BCUT2D eigenvalue weighted by atomic mass is 9.61. The Bertz CT molecular complexity index is 1420. The monoisotopic (exact) mass is 652 g/mol. The van der Waals surface area contributed by atoms with Gasteiger partial charge in [-0.15, -0.1) is 0 Å². The number of hydrogen-bond acceptors (Lipinski definition) is 4. The van der Waals surface area contributed by atoms with Crippen LogP contribution in [0.15, 0.2) is 108 Å². The van der Waals surface area contributed by atoms with Gasteiger partial charge < -0.3 is 19.3 Å². The summed E-state index contributed by atoms with van der Waals surface area (Å²) in [6.45, 7) is 17.7. The van der Waals surface area contributed by atoms with Gasteiger partial charge in [-0.3, -0.25) is 0 Å². The highest BCUT2D eigenvalue weighted by molar-refractivity contribution is 5.37. The van der Waals surface area contributed by atoms with E-state index in [1.165, 1.54) is 37.7 Å². The number of benzene rings is 2. The average molecular weight is 653 g/mol. The Balaban J connectivity index is 1.16. The molecule has 0 aromatic heterocycles. The van der Waals surface area contributed by atoms with Crippen molar-refractivity contribution in [3.8, 4) is 0 Å². The largest absolute Gasteiger partial charge is 0.387 e. The molecule has 1 N–H and O–H groups in total. The van der Waals surface area contributed by atoms with Crippen LogP contribution in [-0.4, -0.2) is 29.7 Å². The van der Waals surface area contributed by atoms with E-state index in [0.717, 1.165) is 23.1 Å². The Morgan fingerprint density at radius 1 is 0.896 bits per heavy atom. The van der Waals surface area contributed by atoms with Crippen LogP contribution >= 0.6 is 0 Å². The molecule has 0 aliphatic heterocycles. The number of hydrogen-bond donors (Lipinski definition) is 1. The molecule has 5 rings (SSSR count). The van der Waals surface area contributed by atoms with E-state index in [1.54, 1.807) is 5.57 Å². The molecule has 0 spiro atoms. The van der Waals surface area contributed by atoms with E-state index in [9.17, 15) is 5.11 Å². The van der Waals surface area contributed by atoms with E-state index in [0.29, 0.717) is 55.8 Å². The fraction of sp³-hybridized carbons (Fsp3) is 0.545. The maximum Gasteiger partial charge on any atom is 0.147 e. The lowest BCUT2D eigenvalue weighted by Gasteiger charge is -2.44. The van der Waals surface area contributed by atoms with Gasteiger partial charge in [0, 0.05) is 12.3 Å². The predicted molar refractivity (Wildman–Crippen MR) is 197 cm³/mol. The van der Waals surface area contributed by atoms with Gasteiger partial charge in [-0.2, -0.15) is 0 Å². The van der Waals surface area contributed by atoms with Gasteiger partial charge in [0.2, 0.25) is 0 Å². The molecular formula is C44H60O4. The Kier molecular flexibility index (Phi) is 12.4. The van der Waals surface area contributed by atoms with Crippen molar-refractivity contribution in [1.82, 2.24) is 0 Å². The zero-order valence-corrected chi connectivity index (χ0v) is 30.3. The van der Waals surface area contributed by atoms with Gasteiger partial charge in [0.05, 0.1) is 31.0 Å². The third-order valence-electron chi connectivity index (χ3n) is 11.9. The van der Waals surface area contributed by atoms with Crippen molar-refractivity contribution >= 4 is 0 Å². The third kappa shape index (κ3) is 9.27. The summed E-state index contributed by atoms with van der Waals surface area (Å²) in [6.07, 6.45) is 17.9. The van der Waals surface area contributed by atoms with Gasteiger partial charge in [-0.25, -0.2) is 0 Å². The zero-order valence-electron chi connectivity index (χ0n) is 30.3. The molecule has 4 nitrogen and oxygen atoms in total. The van der Waals surface area contributed by atoms with Gasteiger partial charge in [0.25, 0.3) is 0 Å². The van der Waals surface area contributed by atoms with Crippen LogP contribution in [0.2, 0.25) is 0 Å². The van der Waals surface area contributed by atoms with Gasteiger partial charge in [0.1, 0.15) is 6.79 Å². The number of fused-ring (bicyclic) bond motifs is 1. The summed E-state index contributed by atoms with van der Waals surface area (Å²) in [5.41, 5.74) is 5.38. The molecule has 6 atom stereocenters. The molecule has 3 aliphatic rings. The summed E-state index contributed by atoms with van der Waals surface area (Å²) in [4.78, 5) is 0. The average Bonchev–Trinajstić information content (AvgIpc) is 3.44. The molecule has 4 heteroatoms. The summed E-state index contributed by atoms with van der Waals surface area (Å²) in [6, 6.07) is 20.4. The van der Waals surface area contributed by atoms with Crippen LogP contribution < -0.4 is 0 Å². The first-order valence-electron chi connectivity index (χ1n) is 18.3. The lowest BCUT2D eigenvalue weighted by Crippen LogP contribution is -2.38. The van der Waals surface area contributed by atoms with E-state index >= 15 is 0 Å². The van der Waals surface area contributed by atoms with Gasteiger partial charge >= 0.3 is 0 Å². The first kappa shape index (κ1) is 36.5. The second-order valence-corrected chi connectivity index (χ2v) is 15.7. The van der Waals surface area contributed by atoms with Crippen LogP contribution in [0.25, 0.3) is 0 Å². The normalized spacial score (nSPS) is 29.4. The van der Waals surface area contributed by atoms with Crippen LogP contribution in [0.4, 0.5) is 0 Å². The maximum absolute atomic E-state index is 11.5. The first-order chi connectivity index (χ1) is 23.0. The minimum atomic E-state index is -0.840. The van der Waals surface area contributed by atoms with Crippen LogP contribution in [0.5, 0.6) is 0 Å². The summed E-state index contributed by atoms with van der Waals surface area (Å²) < 4.78 is 18.0. The van der Waals surface area contributed by atoms with Crippen molar-refractivity contribution in [3.63, 3.8) is 0 Å². The highest BCUT2D eigenvalue weighted by Gasteiger charge is 2.50. The zero-order chi connectivity index (χ0) is 34.2. The standard InChI is InChI=1S/C44H60O4/c1-33-25-27-44(45,31-46-29-36-14-9-7-10-15-36)28-39(33)22-21-38-18-13-26-43(6)40(23-24-41(38)43)34(2)19-20-35(3)42(4,5)48-32-47-30-37-16-11-8-12-17-37/h7-12,14-17,19-22,34-35,40-41,45H,1,13,18,23-32H2,2-6H3/b20-19+,38-21+,39-22-/t34-,35+,40-,41+,43-,44+/m1/s1. The van der Waals surface area contributed by atoms with Crippen molar-refractivity contribution in [3.05, 3.63) is 119 Å². The van der Waals surface area contributed by atoms with E-state index in [4.69, 9.17) is 14.2 Å². The highest BCUT2D eigenvalue weighted by atomic mass is 16.7. The molecule has 3 saturated carbocycles. The predicted octanol–water partition coefficient (Wildman–Crippen LogP) is 10.5. The number of ether oxygens (including phenoxy) is 3. The van der Waals surface area contributed by atoms with Gasteiger partial charge in [-0.1, -0.05) is 123 Å². The fourth-order valence-electron chi connectivity index (χ4n) is 8.46. The third-order valence-corrected chi connectivity index (χ3v) is 11.9. The number of aliphatic hydroxyl groups is 1. The van der Waals surface area contributed by atoms with Crippen LogP contribution in [0.1, 0.15) is 97.1 Å². The molecule has 260 valence electrons. The summed E-state index contributed by atoms with van der Waals surface area (Å²) in [5.74, 6) is 2.06. The summed E-state index contributed by atoms with van der Waals surface area (Å²) >= 11 is 0. The molecule has 0 radical (unpaired) electrons. The fourth-order valence-corrected chi connectivity index (χ4v) is 8.46. The minimum Gasteiger partial charge on any atom is -0.387 e. The number of rotatable bonds is 14. The second kappa shape index (κ2) is 16.3. The van der Waals surface area contributed by atoms with Crippen LogP contribution in [0, 0.1) is 29.1 Å². The van der Waals surface area contributed by atoms with Gasteiger partial charge in [0.15, 0.2) is 0 Å². The molecule has 0 heterocycles. The lowest BCUT2D eigenvalue weighted by molar-refractivity contribution is -0.145. The summed E-state index contributed by atoms with van der Waals surface area (Å²) in [5, 5.41) is 11.5. The molecular weight excluding hydrogens is 592 g/mol. The van der Waals surface area contributed by atoms with Crippen LogP contribution in [0.3, 0.4) is 0 Å². The first-order valence-corrected chi connectivity index (χ1v) is 18.3. The smallest absolute Gasteiger partial charge is 0.147 e. The molecule has 48 heavy (non-hydrogen) atoms. The Hall–Kier alpha value is -2.76. The van der Waals surface area contributed by atoms with E-state index in [1.807, 2.05) is 36.4 Å².